The van der Waals surface area contributed by atoms with Gasteiger partial charge in [0.1, 0.15) is 5.75 Å². The summed E-state index contributed by atoms with van der Waals surface area (Å²) < 4.78 is 5.57. The fraction of sp³-hybridized carbons (Fsp3) is 0.350. The minimum atomic E-state index is 0.683. The van der Waals surface area contributed by atoms with E-state index in [9.17, 15) is 0 Å². The van der Waals surface area contributed by atoms with Crippen molar-refractivity contribution in [3.8, 4) is 5.75 Å². The van der Waals surface area contributed by atoms with E-state index in [0.29, 0.717) is 5.92 Å². The molecule has 2 rings (SSSR count). The average molecular weight is 295 g/mol. The summed E-state index contributed by atoms with van der Waals surface area (Å²) in [6.45, 7) is 7.34. The molecule has 2 aromatic carbocycles. The van der Waals surface area contributed by atoms with Gasteiger partial charge in [-0.1, -0.05) is 32.9 Å². The first-order valence-electron chi connectivity index (χ1n) is 8.03. The van der Waals surface area contributed by atoms with E-state index in [4.69, 9.17) is 4.74 Å². The van der Waals surface area contributed by atoms with Crippen molar-refractivity contribution >= 4 is 11.9 Å². The van der Waals surface area contributed by atoms with Crippen LogP contribution in [-0.2, 0) is 6.42 Å². The van der Waals surface area contributed by atoms with Crippen molar-refractivity contribution in [2.45, 2.75) is 33.6 Å². The quantitative estimate of drug-likeness (QED) is 0.625. The standard InChI is InChI=1S/C20H25NO/c1-4-13-22-20-11-7-18(8-12-20)15-21-19-9-5-17(6-10-19)14-16(2)3/h5-12,15-16H,4,13-14H2,1-3H3. The molecule has 0 bridgehead atoms. The Morgan fingerprint density at radius 3 is 2.27 bits per heavy atom. The Morgan fingerprint density at radius 2 is 1.68 bits per heavy atom. The predicted molar refractivity (Wildman–Crippen MR) is 94.5 cm³/mol. The highest BCUT2D eigenvalue weighted by atomic mass is 16.5. The van der Waals surface area contributed by atoms with Gasteiger partial charge in [-0.3, -0.25) is 4.99 Å². The van der Waals surface area contributed by atoms with Crippen LogP contribution in [0.1, 0.15) is 38.3 Å². The maximum absolute atomic E-state index is 5.57. The van der Waals surface area contributed by atoms with Gasteiger partial charge in [-0.25, -0.2) is 0 Å². The van der Waals surface area contributed by atoms with Gasteiger partial charge in [0, 0.05) is 6.21 Å². The lowest BCUT2D eigenvalue weighted by atomic mass is 10.0. The Hall–Kier alpha value is -2.09. The van der Waals surface area contributed by atoms with E-state index >= 15 is 0 Å². The Labute approximate surface area is 133 Å². The van der Waals surface area contributed by atoms with E-state index in [1.807, 2.05) is 30.5 Å². The molecule has 0 heterocycles. The molecule has 0 aliphatic heterocycles. The number of benzene rings is 2. The monoisotopic (exact) mass is 295 g/mol. The van der Waals surface area contributed by atoms with Gasteiger partial charge in [-0.2, -0.15) is 0 Å². The summed E-state index contributed by atoms with van der Waals surface area (Å²) in [6.07, 6.45) is 4.03. The summed E-state index contributed by atoms with van der Waals surface area (Å²) in [7, 11) is 0. The third kappa shape index (κ3) is 5.36. The Morgan fingerprint density at radius 1 is 1.00 bits per heavy atom. The van der Waals surface area contributed by atoms with Gasteiger partial charge < -0.3 is 4.74 Å². The molecule has 0 spiro atoms. The van der Waals surface area contributed by atoms with Crippen LogP contribution in [0, 0.1) is 5.92 Å². The molecule has 0 N–H and O–H groups in total. The molecule has 22 heavy (non-hydrogen) atoms. The molecular weight excluding hydrogens is 270 g/mol. The molecule has 0 fully saturated rings. The lowest BCUT2D eigenvalue weighted by Gasteiger charge is -2.05. The van der Waals surface area contributed by atoms with Crippen LogP contribution < -0.4 is 4.74 Å². The molecule has 116 valence electrons. The van der Waals surface area contributed by atoms with E-state index in [1.165, 1.54) is 5.56 Å². The van der Waals surface area contributed by atoms with E-state index in [1.54, 1.807) is 0 Å². The average Bonchev–Trinajstić information content (AvgIpc) is 2.53. The number of hydrogen-bond acceptors (Lipinski definition) is 2. The van der Waals surface area contributed by atoms with Crippen LogP contribution in [0.2, 0.25) is 0 Å². The second kappa shape index (κ2) is 8.38. The van der Waals surface area contributed by atoms with Gasteiger partial charge in [-0.05, 0) is 66.3 Å². The summed E-state index contributed by atoms with van der Waals surface area (Å²) in [5.74, 6) is 1.60. The third-order valence-corrected chi connectivity index (χ3v) is 3.30. The van der Waals surface area contributed by atoms with Crippen molar-refractivity contribution in [1.29, 1.82) is 0 Å². The highest BCUT2D eigenvalue weighted by Gasteiger charge is 1.97. The number of rotatable bonds is 7. The number of ether oxygens (including phenoxy) is 1. The molecule has 0 saturated heterocycles. The smallest absolute Gasteiger partial charge is 0.119 e. The number of hydrogen-bond donors (Lipinski definition) is 0. The van der Waals surface area contributed by atoms with Gasteiger partial charge in [0.15, 0.2) is 0 Å². The summed E-state index contributed by atoms with van der Waals surface area (Å²) >= 11 is 0. The predicted octanol–water partition coefficient (Wildman–Crippen LogP) is 5.42. The molecule has 2 heteroatoms. The van der Waals surface area contributed by atoms with Crippen LogP contribution in [0.4, 0.5) is 5.69 Å². The highest BCUT2D eigenvalue weighted by molar-refractivity contribution is 5.82. The third-order valence-electron chi connectivity index (χ3n) is 3.30. The largest absolute Gasteiger partial charge is 0.494 e. The zero-order valence-electron chi connectivity index (χ0n) is 13.8. The Bertz CT molecular complexity index is 582. The SMILES string of the molecule is CCCOc1ccc(C=Nc2ccc(CC(C)C)cc2)cc1. The van der Waals surface area contributed by atoms with E-state index in [0.717, 1.165) is 36.4 Å². The molecule has 0 saturated carbocycles. The second-order valence-electron chi connectivity index (χ2n) is 5.94. The van der Waals surface area contributed by atoms with Gasteiger partial charge in [0.2, 0.25) is 0 Å². The van der Waals surface area contributed by atoms with Crippen LogP contribution >= 0.6 is 0 Å². The van der Waals surface area contributed by atoms with Gasteiger partial charge in [0.05, 0.1) is 12.3 Å². The summed E-state index contributed by atoms with van der Waals surface area (Å²) in [6, 6.07) is 16.5. The van der Waals surface area contributed by atoms with E-state index in [2.05, 4.69) is 50.0 Å². The van der Waals surface area contributed by atoms with Crippen molar-refractivity contribution < 1.29 is 4.74 Å². The minimum absolute atomic E-state index is 0.683. The van der Waals surface area contributed by atoms with E-state index < -0.39 is 0 Å². The molecule has 0 unspecified atom stereocenters. The topological polar surface area (TPSA) is 21.6 Å². The first-order chi connectivity index (χ1) is 10.7. The molecule has 0 aliphatic carbocycles. The van der Waals surface area contributed by atoms with Gasteiger partial charge in [-0.15, -0.1) is 0 Å². The van der Waals surface area contributed by atoms with Crippen molar-refractivity contribution in [3.63, 3.8) is 0 Å². The van der Waals surface area contributed by atoms with Crippen LogP contribution in [0.25, 0.3) is 0 Å². The second-order valence-corrected chi connectivity index (χ2v) is 5.94. The zero-order chi connectivity index (χ0) is 15.8. The Balaban J connectivity index is 1.96. The normalized spacial score (nSPS) is 11.3. The molecule has 2 nitrogen and oxygen atoms in total. The van der Waals surface area contributed by atoms with Crippen molar-refractivity contribution in [1.82, 2.24) is 0 Å². The first kappa shape index (κ1) is 16.3. The fourth-order valence-electron chi connectivity index (χ4n) is 2.21. The van der Waals surface area contributed by atoms with Crippen molar-refractivity contribution in [3.05, 3.63) is 59.7 Å². The molecular formula is C20H25NO. The molecule has 0 aromatic heterocycles. The molecule has 0 atom stereocenters. The lowest BCUT2D eigenvalue weighted by molar-refractivity contribution is 0.317. The molecule has 0 radical (unpaired) electrons. The number of nitrogens with zero attached hydrogens (tertiary/aromatic N) is 1. The van der Waals surface area contributed by atoms with Crippen LogP contribution in [0.3, 0.4) is 0 Å². The van der Waals surface area contributed by atoms with E-state index in [-0.39, 0.29) is 0 Å². The number of aliphatic imine (C=N–C) groups is 1. The van der Waals surface area contributed by atoms with Crippen molar-refractivity contribution in [2.24, 2.45) is 10.9 Å². The van der Waals surface area contributed by atoms with Crippen molar-refractivity contribution in [2.75, 3.05) is 6.61 Å². The molecule has 0 amide bonds. The summed E-state index contributed by atoms with van der Waals surface area (Å²) in [4.78, 5) is 4.52. The van der Waals surface area contributed by atoms with Gasteiger partial charge >= 0.3 is 0 Å². The minimum Gasteiger partial charge on any atom is -0.494 e. The molecule has 2 aromatic rings. The molecule has 0 aliphatic rings. The Kier molecular flexibility index (Phi) is 6.20. The van der Waals surface area contributed by atoms with Crippen LogP contribution in [0.5, 0.6) is 5.75 Å². The summed E-state index contributed by atoms with van der Waals surface area (Å²) in [5.41, 5.74) is 3.43. The maximum Gasteiger partial charge on any atom is 0.119 e. The first-order valence-corrected chi connectivity index (χ1v) is 8.03. The fourth-order valence-corrected chi connectivity index (χ4v) is 2.21. The highest BCUT2D eigenvalue weighted by Crippen LogP contribution is 2.16. The van der Waals surface area contributed by atoms with Crippen LogP contribution in [0.15, 0.2) is 53.5 Å². The van der Waals surface area contributed by atoms with Crippen LogP contribution in [-0.4, -0.2) is 12.8 Å². The van der Waals surface area contributed by atoms with Gasteiger partial charge in [0.25, 0.3) is 0 Å². The lowest BCUT2D eigenvalue weighted by Crippen LogP contribution is -1.94. The maximum atomic E-state index is 5.57. The summed E-state index contributed by atoms with van der Waals surface area (Å²) in [5, 5.41) is 0. The zero-order valence-corrected chi connectivity index (χ0v) is 13.8.